The molecule has 1 aliphatic rings. The van der Waals surface area contributed by atoms with Gasteiger partial charge < -0.3 is 15.0 Å². The van der Waals surface area contributed by atoms with E-state index in [-0.39, 0.29) is 28.0 Å². The smallest absolute Gasteiger partial charge is 0.343 e. The van der Waals surface area contributed by atoms with Gasteiger partial charge in [0.15, 0.2) is 0 Å². The number of ether oxygens (including phenoxy) is 1. The van der Waals surface area contributed by atoms with Crippen molar-refractivity contribution < 1.29 is 22.7 Å². The van der Waals surface area contributed by atoms with Crippen LogP contribution in [0.25, 0.3) is 10.9 Å². The Balaban J connectivity index is 1.61. The van der Waals surface area contributed by atoms with Gasteiger partial charge in [0.25, 0.3) is 5.91 Å². The SMILES string of the molecule is CCOC(=O)c1c[nH]c2ccc(NC(=O)c3cccc(S(=O)(=O)N4CCCC4)c3)cc2c1=O. The van der Waals surface area contributed by atoms with Crippen LogP contribution < -0.4 is 10.7 Å². The lowest BCUT2D eigenvalue weighted by atomic mass is 10.1. The van der Waals surface area contributed by atoms with E-state index in [9.17, 15) is 22.8 Å². The number of carbonyl (C=O) groups is 2. The van der Waals surface area contributed by atoms with Gasteiger partial charge in [0.1, 0.15) is 5.56 Å². The Morgan fingerprint density at radius 3 is 2.61 bits per heavy atom. The molecule has 1 amide bonds. The quantitative estimate of drug-likeness (QED) is 0.535. The molecule has 4 rings (SSSR count). The number of rotatable bonds is 6. The van der Waals surface area contributed by atoms with Crippen molar-refractivity contribution in [3.05, 3.63) is 70.0 Å². The van der Waals surface area contributed by atoms with Gasteiger partial charge in [0, 0.05) is 41.4 Å². The number of H-pyrrole nitrogens is 1. The summed E-state index contributed by atoms with van der Waals surface area (Å²) in [4.78, 5) is 40.5. The lowest BCUT2D eigenvalue weighted by Gasteiger charge is -2.16. The van der Waals surface area contributed by atoms with Crippen LogP contribution in [0.1, 0.15) is 40.5 Å². The standard InChI is InChI=1S/C23H23N3O6S/c1-2-32-23(29)19-14-24-20-9-8-16(13-18(20)21(19)27)25-22(28)15-6-5-7-17(12-15)33(30,31)26-10-3-4-11-26/h5-9,12-14H,2-4,10-11H2,1H3,(H,24,27)(H,25,28). The third-order valence-electron chi connectivity index (χ3n) is 5.43. The molecule has 1 saturated heterocycles. The molecule has 3 aromatic rings. The largest absolute Gasteiger partial charge is 0.462 e. The van der Waals surface area contributed by atoms with Crippen LogP contribution in [0, 0.1) is 0 Å². The number of benzene rings is 2. The van der Waals surface area contributed by atoms with Crippen LogP contribution in [0.5, 0.6) is 0 Å². The first-order valence-electron chi connectivity index (χ1n) is 10.6. The molecule has 1 aliphatic heterocycles. The van der Waals surface area contributed by atoms with Gasteiger partial charge in [-0.3, -0.25) is 9.59 Å². The van der Waals surface area contributed by atoms with Crippen LogP contribution in [0.3, 0.4) is 0 Å². The number of esters is 1. The summed E-state index contributed by atoms with van der Waals surface area (Å²) in [5.41, 5.74) is 0.339. The predicted molar refractivity (Wildman–Crippen MR) is 123 cm³/mol. The van der Waals surface area contributed by atoms with E-state index in [1.165, 1.54) is 40.8 Å². The van der Waals surface area contributed by atoms with Gasteiger partial charge in [-0.15, -0.1) is 0 Å². The fourth-order valence-electron chi connectivity index (χ4n) is 3.74. The van der Waals surface area contributed by atoms with Crippen molar-refractivity contribution in [2.75, 3.05) is 25.0 Å². The summed E-state index contributed by atoms with van der Waals surface area (Å²) >= 11 is 0. The number of pyridine rings is 1. The number of aromatic amines is 1. The highest BCUT2D eigenvalue weighted by Gasteiger charge is 2.27. The van der Waals surface area contributed by atoms with E-state index in [1.807, 2.05) is 0 Å². The molecule has 0 radical (unpaired) electrons. The maximum atomic E-state index is 12.8. The zero-order valence-electron chi connectivity index (χ0n) is 18.0. The summed E-state index contributed by atoms with van der Waals surface area (Å²) in [7, 11) is -3.66. The average molecular weight is 470 g/mol. The van der Waals surface area contributed by atoms with Crippen molar-refractivity contribution in [3.63, 3.8) is 0 Å². The molecule has 9 nitrogen and oxygen atoms in total. The first-order valence-corrected chi connectivity index (χ1v) is 12.0. The van der Waals surface area contributed by atoms with Gasteiger partial charge in [-0.2, -0.15) is 4.31 Å². The van der Waals surface area contributed by atoms with Crippen LogP contribution in [-0.2, 0) is 14.8 Å². The summed E-state index contributed by atoms with van der Waals surface area (Å²) in [6, 6.07) is 10.5. The minimum absolute atomic E-state index is 0.0612. The lowest BCUT2D eigenvalue weighted by Crippen LogP contribution is -2.28. The molecule has 0 spiro atoms. The molecule has 0 saturated carbocycles. The van der Waals surface area contributed by atoms with Crippen LogP contribution in [0.4, 0.5) is 5.69 Å². The van der Waals surface area contributed by atoms with Crippen LogP contribution in [0.15, 0.2) is 58.4 Å². The Bertz CT molecular complexity index is 1390. The number of aromatic nitrogens is 1. The van der Waals surface area contributed by atoms with E-state index in [4.69, 9.17) is 4.74 Å². The molecule has 1 aromatic heterocycles. The average Bonchev–Trinajstić information content (AvgIpc) is 3.36. The summed E-state index contributed by atoms with van der Waals surface area (Å²) in [6.07, 6.45) is 2.93. The van der Waals surface area contributed by atoms with E-state index in [0.29, 0.717) is 24.3 Å². The van der Waals surface area contributed by atoms with E-state index in [2.05, 4.69) is 10.3 Å². The molecule has 2 heterocycles. The number of hydrogen-bond donors (Lipinski definition) is 2. The highest BCUT2D eigenvalue weighted by Crippen LogP contribution is 2.22. The van der Waals surface area contributed by atoms with Gasteiger partial charge in [-0.1, -0.05) is 6.07 Å². The summed E-state index contributed by atoms with van der Waals surface area (Å²) in [5, 5.41) is 2.90. The van der Waals surface area contributed by atoms with Gasteiger partial charge in [0.05, 0.1) is 11.5 Å². The minimum atomic E-state index is -3.66. The molecule has 0 bridgehead atoms. The number of carbonyl (C=O) groups excluding carboxylic acids is 2. The molecular formula is C23H23N3O6S. The molecule has 2 aromatic carbocycles. The normalized spacial score (nSPS) is 14.3. The molecule has 10 heteroatoms. The maximum Gasteiger partial charge on any atom is 0.343 e. The van der Waals surface area contributed by atoms with Crippen molar-refractivity contribution in [1.82, 2.24) is 9.29 Å². The highest BCUT2D eigenvalue weighted by atomic mass is 32.2. The Morgan fingerprint density at radius 2 is 1.88 bits per heavy atom. The van der Waals surface area contributed by atoms with E-state index in [1.54, 1.807) is 19.1 Å². The molecule has 0 aliphatic carbocycles. The van der Waals surface area contributed by atoms with Crippen molar-refractivity contribution in [3.8, 4) is 0 Å². The number of nitrogens with one attached hydrogen (secondary N) is 2. The number of nitrogens with zero attached hydrogens (tertiary/aromatic N) is 1. The zero-order chi connectivity index (χ0) is 23.6. The Hall–Kier alpha value is -3.50. The van der Waals surface area contributed by atoms with Gasteiger partial charge in [-0.05, 0) is 56.2 Å². The van der Waals surface area contributed by atoms with E-state index < -0.39 is 27.3 Å². The molecule has 0 unspecified atom stereocenters. The van der Waals surface area contributed by atoms with Crippen LogP contribution >= 0.6 is 0 Å². The third kappa shape index (κ3) is 4.53. The monoisotopic (exact) mass is 469 g/mol. The van der Waals surface area contributed by atoms with E-state index in [0.717, 1.165) is 12.8 Å². The zero-order valence-corrected chi connectivity index (χ0v) is 18.8. The number of sulfonamides is 1. The molecule has 0 atom stereocenters. The van der Waals surface area contributed by atoms with Gasteiger partial charge >= 0.3 is 5.97 Å². The summed E-state index contributed by atoms with van der Waals surface area (Å²) in [5.74, 6) is -1.25. The molecular weight excluding hydrogens is 446 g/mol. The number of hydrogen-bond acceptors (Lipinski definition) is 6. The molecule has 172 valence electrons. The molecule has 1 fully saturated rings. The summed E-state index contributed by atoms with van der Waals surface area (Å²) < 4.78 is 31.9. The first kappa shape index (κ1) is 22.7. The summed E-state index contributed by atoms with van der Waals surface area (Å²) in [6.45, 7) is 2.72. The Kier molecular flexibility index (Phi) is 6.30. The Morgan fingerprint density at radius 1 is 1.12 bits per heavy atom. The Labute approximate surface area is 190 Å². The highest BCUT2D eigenvalue weighted by molar-refractivity contribution is 7.89. The second-order valence-electron chi connectivity index (χ2n) is 7.61. The van der Waals surface area contributed by atoms with Gasteiger partial charge in [0.2, 0.25) is 15.5 Å². The minimum Gasteiger partial charge on any atom is -0.462 e. The van der Waals surface area contributed by atoms with Crippen LogP contribution in [-0.4, -0.2) is 49.3 Å². The van der Waals surface area contributed by atoms with Crippen LogP contribution in [0.2, 0.25) is 0 Å². The topological polar surface area (TPSA) is 126 Å². The second kappa shape index (κ2) is 9.16. The fraction of sp³-hybridized carbons (Fsp3) is 0.261. The third-order valence-corrected chi connectivity index (χ3v) is 7.33. The fourth-order valence-corrected chi connectivity index (χ4v) is 5.30. The molecule has 2 N–H and O–H groups in total. The van der Waals surface area contributed by atoms with Crippen molar-refractivity contribution >= 4 is 38.5 Å². The maximum absolute atomic E-state index is 12.8. The second-order valence-corrected chi connectivity index (χ2v) is 9.54. The van der Waals surface area contributed by atoms with Gasteiger partial charge in [-0.25, -0.2) is 13.2 Å². The first-order chi connectivity index (χ1) is 15.8. The number of anilines is 1. The van der Waals surface area contributed by atoms with Crippen molar-refractivity contribution in [2.45, 2.75) is 24.7 Å². The van der Waals surface area contributed by atoms with E-state index >= 15 is 0 Å². The lowest BCUT2D eigenvalue weighted by molar-refractivity contribution is 0.0524. The number of fused-ring (bicyclic) bond motifs is 1. The predicted octanol–water partition coefficient (Wildman–Crippen LogP) is 2.74. The number of amides is 1. The van der Waals surface area contributed by atoms with Crippen molar-refractivity contribution in [1.29, 1.82) is 0 Å². The van der Waals surface area contributed by atoms with Crippen molar-refractivity contribution in [2.24, 2.45) is 0 Å². The molecule has 33 heavy (non-hydrogen) atoms.